The molecule has 0 radical (unpaired) electrons. The van der Waals surface area contributed by atoms with E-state index in [0.29, 0.717) is 0 Å². The molecule has 0 aromatic carbocycles. The molecule has 2 aliphatic heterocycles. The van der Waals surface area contributed by atoms with Gasteiger partial charge in [0.2, 0.25) is 0 Å². The maximum Gasteiger partial charge on any atom is 0.0931 e. The van der Waals surface area contributed by atoms with Gasteiger partial charge in [-0.1, -0.05) is 23.3 Å². The normalized spacial score (nSPS) is 23.6. The van der Waals surface area contributed by atoms with Gasteiger partial charge in [0.1, 0.15) is 0 Å². The lowest BCUT2D eigenvalue weighted by Gasteiger charge is -2.42. The van der Waals surface area contributed by atoms with Crippen LogP contribution in [0.4, 0.5) is 0 Å². The molecule has 3 rings (SSSR count). The number of ether oxygens (including phenoxy) is 1. The Morgan fingerprint density at radius 2 is 2.16 bits per heavy atom. The molecule has 0 bridgehead atoms. The largest absolute Gasteiger partial charge is 0.370 e. The zero-order valence-corrected chi connectivity index (χ0v) is 12.9. The molecule has 1 saturated heterocycles. The Morgan fingerprint density at radius 3 is 2.79 bits per heavy atom. The van der Waals surface area contributed by atoms with Crippen LogP contribution in [0.5, 0.6) is 0 Å². The summed E-state index contributed by atoms with van der Waals surface area (Å²) in [4.78, 5) is 3.87. The molecular formula is C15H20ClNOS. The predicted octanol–water partition coefficient (Wildman–Crippen LogP) is 4.10. The second-order valence-corrected chi connectivity index (χ2v) is 7.44. The van der Waals surface area contributed by atoms with E-state index in [0.717, 1.165) is 49.8 Å². The summed E-state index contributed by atoms with van der Waals surface area (Å²) in [6.45, 7) is 6.36. The third kappa shape index (κ3) is 3.22. The van der Waals surface area contributed by atoms with Crippen LogP contribution in [-0.2, 0) is 11.3 Å². The van der Waals surface area contributed by atoms with Gasteiger partial charge in [0.25, 0.3) is 0 Å². The molecule has 3 heterocycles. The van der Waals surface area contributed by atoms with Gasteiger partial charge in [-0.05, 0) is 38.3 Å². The number of thiophene rings is 1. The van der Waals surface area contributed by atoms with Crippen LogP contribution in [0.15, 0.2) is 23.8 Å². The molecule has 0 atom stereocenters. The first-order valence-corrected chi connectivity index (χ1v) is 8.14. The van der Waals surface area contributed by atoms with Crippen LogP contribution in [-0.4, -0.2) is 30.2 Å². The van der Waals surface area contributed by atoms with Crippen molar-refractivity contribution in [2.45, 2.75) is 38.3 Å². The van der Waals surface area contributed by atoms with Crippen LogP contribution >= 0.6 is 22.9 Å². The van der Waals surface area contributed by atoms with Gasteiger partial charge in [-0.2, -0.15) is 0 Å². The molecule has 0 saturated carbocycles. The van der Waals surface area contributed by atoms with E-state index in [1.54, 1.807) is 11.3 Å². The van der Waals surface area contributed by atoms with Crippen molar-refractivity contribution in [2.75, 3.05) is 19.7 Å². The van der Waals surface area contributed by atoms with E-state index in [2.05, 4.69) is 24.0 Å². The van der Waals surface area contributed by atoms with Crippen molar-refractivity contribution in [3.8, 4) is 0 Å². The lowest BCUT2D eigenvalue weighted by atomic mass is 9.87. The van der Waals surface area contributed by atoms with Gasteiger partial charge in [-0.25, -0.2) is 0 Å². The molecule has 4 heteroatoms. The number of piperidine rings is 1. The first-order chi connectivity index (χ1) is 9.15. The predicted molar refractivity (Wildman–Crippen MR) is 80.9 cm³/mol. The van der Waals surface area contributed by atoms with Gasteiger partial charge in [0, 0.05) is 24.5 Å². The summed E-state index contributed by atoms with van der Waals surface area (Å²) in [5.74, 6) is 0. The first-order valence-electron chi connectivity index (χ1n) is 6.94. The highest BCUT2D eigenvalue weighted by atomic mass is 35.5. The second-order valence-electron chi connectivity index (χ2n) is 5.64. The molecule has 104 valence electrons. The SMILES string of the molecule is CC1=CC2(CCN(Cc3ccc(Cl)s3)CC2)OCC1. The zero-order chi connectivity index (χ0) is 13.3. The van der Waals surface area contributed by atoms with Crippen LogP contribution in [0.2, 0.25) is 4.34 Å². The van der Waals surface area contributed by atoms with E-state index in [1.165, 1.54) is 10.5 Å². The Kier molecular flexibility index (Phi) is 3.99. The molecule has 0 aliphatic carbocycles. The monoisotopic (exact) mass is 297 g/mol. The number of hydrogen-bond donors (Lipinski definition) is 0. The maximum absolute atomic E-state index is 6.06. The Bertz CT molecular complexity index is 474. The van der Waals surface area contributed by atoms with Crippen molar-refractivity contribution >= 4 is 22.9 Å². The summed E-state index contributed by atoms with van der Waals surface area (Å²) >= 11 is 7.67. The van der Waals surface area contributed by atoms with Crippen LogP contribution < -0.4 is 0 Å². The molecule has 2 nitrogen and oxygen atoms in total. The van der Waals surface area contributed by atoms with Crippen molar-refractivity contribution in [3.63, 3.8) is 0 Å². The Morgan fingerprint density at radius 1 is 1.37 bits per heavy atom. The minimum absolute atomic E-state index is 0.0337. The summed E-state index contributed by atoms with van der Waals surface area (Å²) in [5, 5.41) is 0. The fourth-order valence-corrected chi connectivity index (χ4v) is 4.14. The van der Waals surface area contributed by atoms with Crippen LogP contribution in [0.25, 0.3) is 0 Å². The standard InChI is InChI=1S/C15H20ClNOS/c1-12-4-9-18-15(10-12)5-7-17(8-6-15)11-13-2-3-14(16)19-13/h2-3,10H,4-9,11H2,1H3. The summed E-state index contributed by atoms with van der Waals surface area (Å²) in [7, 11) is 0. The molecule has 1 spiro atoms. The van der Waals surface area contributed by atoms with Crippen LogP contribution in [0.1, 0.15) is 31.1 Å². The van der Waals surface area contributed by atoms with Gasteiger partial charge >= 0.3 is 0 Å². The van der Waals surface area contributed by atoms with E-state index in [1.807, 2.05) is 6.07 Å². The topological polar surface area (TPSA) is 12.5 Å². The van der Waals surface area contributed by atoms with Gasteiger partial charge in [-0.15, -0.1) is 11.3 Å². The Hall–Kier alpha value is -0.350. The molecule has 1 fully saturated rings. The van der Waals surface area contributed by atoms with Gasteiger partial charge in [-0.3, -0.25) is 4.90 Å². The van der Waals surface area contributed by atoms with E-state index in [-0.39, 0.29) is 5.60 Å². The van der Waals surface area contributed by atoms with Gasteiger partial charge in [0.15, 0.2) is 0 Å². The second kappa shape index (κ2) is 5.57. The van der Waals surface area contributed by atoms with Crippen molar-refractivity contribution < 1.29 is 4.74 Å². The minimum atomic E-state index is 0.0337. The lowest BCUT2D eigenvalue weighted by molar-refractivity contribution is -0.0575. The van der Waals surface area contributed by atoms with E-state index in [9.17, 15) is 0 Å². The summed E-state index contributed by atoms with van der Waals surface area (Å²) in [5.41, 5.74) is 1.52. The number of halogens is 1. The van der Waals surface area contributed by atoms with Crippen LogP contribution in [0, 0.1) is 0 Å². The smallest absolute Gasteiger partial charge is 0.0931 e. The van der Waals surface area contributed by atoms with E-state index >= 15 is 0 Å². The van der Waals surface area contributed by atoms with Crippen LogP contribution in [0.3, 0.4) is 0 Å². The van der Waals surface area contributed by atoms with E-state index < -0.39 is 0 Å². The van der Waals surface area contributed by atoms with Gasteiger partial charge < -0.3 is 4.74 Å². The van der Waals surface area contributed by atoms with Crippen molar-refractivity contribution in [3.05, 3.63) is 33.0 Å². The quantitative estimate of drug-likeness (QED) is 0.762. The lowest BCUT2D eigenvalue weighted by Crippen LogP contribution is -2.46. The highest BCUT2D eigenvalue weighted by Crippen LogP contribution is 2.34. The average molecular weight is 298 g/mol. The average Bonchev–Trinajstić information content (AvgIpc) is 2.78. The highest BCUT2D eigenvalue weighted by molar-refractivity contribution is 7.16. The molecule has 19 heavy (non-hydrogen) atoms. The van der Waals surface area contributed by atoms with Gasteiger partial charge in [0.05, 0.1) is 16.5 Å². The fourth-order valence-electron chi connectivity index (χ4n) is 3.01. The Labute approximate surface area is 124 Å². The zero-order valence-electron chi connectivity index (χ0n) is 11.3. The summed E-state index contributed by atoms with van der Waals surface area (Å²) in [6.07, 6.45) is 5.70. The summed E-state index contributed by atoms with van der Waals surface area (Å²) < 4.78 is 6.94. The molecule has 0 unspecified atom stereocenters. The molecule has 0 amide bonds. The molecule has 0 N–H and O–H groups in total. The highest BCUT2D eigenvalue weighted by Gasteiger charge is 2.35. The minimum Gasteiger partial charge on any atom is -0.370 e. The van der Waals surface area contributed by atoms with E-state index in [4.69, 9.17) is 16.3 Å². The number of likely N-dealkylation sites (tertiary alicyclic amines) is 1. The Balaban J connectivity index is 1.59. The number of hydrogen-bond acceptors (Lipinski definition) is 3. The maximum atomic E-state index is 6.06. The molecular weight excluding hydrogens is 278 g/mol. The number of rotatable bonds is 2. The number of nitrogens with zero attached hydrogens (tertiary/aromatic N) is 1. The molecule has 1 aromatic heterocycles. The fraction of sp³-hybridized carbons (Fsp3) is 0.600. The third-order valence-electron chi connectivity index (χ3n) is 4.11. The van der Waals surface area contributed by atoms with Crippen molar-refractivity contribution in [1.29, 1.82) is 0 Å². The summed E-state index contributed by atoms with van der Waals surface area (Å²) in [6, 6.07) is 4.13. The van der Waals surface area contributed by atoms with Crippen molar-refractivity contribution in [2.24, 2.45) is 0 Å². The molecule has 1 aromatic rings. The first kappa shape index (κ1) is 13.6. The third-order valence-corrected chi connectivity index (χ3v) is 5.32. The molecule has 2 aliphatic rings. The van der Waals surface area contributed by atoms with Crippen molar-refractivity contribution in [1.82, 2.24) is 4.90 Å².